The highest BCUT2D eigenvalue weighted by Gasteiger charge is 2.57. The average molecular weight is 331 g/mol. The second kappa shape index (κ2) is 5.49. The Hall–Kier alpha value is -1.07. The van der Waals surface area contributed by atoms with Crippen molar-refractivity contribution in [2.45, 2.75) is 44.0 Å². The molecule has 3 heterocycles. The molecule has 0 aromatic carbocycles. The normalized spacial score (nSPS) is 30.3. The topological polar surface area (TPSA) is 45.2 Å². The number of hydrogen-bond acceptors (Lipinski definition) is 4. The quantitative estimate of drug-likeness (QED) is 0.919. The van der Waals surface area contributed by atoms with Crippen LogP contribution in [0.15, 0.2) is 24.5 Å². The first-order valence-electron chi connectivity index (χ1n) is 8.53. The van der Waals surface area contributed by atoms with Crippen molar-refractivity contribution in [1.29, 1.82) is 0 Å². The molecule has 1 aromatic heterocycles. The van der Waals surface area contributed by atoms with Crippen LogP contribution in [-0.4, -0.2) is 45.4 Å². The lowest BCUT2D eigenvalue weighted by Crippen LogP contribution is -2.61. The van der Waals surface area contributed by atoms with Crippen molar-refractivity contribution >= 4 is 17.7 Å². The standard InChI is InChI=1S/C18H25N3OS/c1-17(2)7-15(17)16(22)21-11-18(12-21)6-14(10-23-18)20-9-13-4-3-5-19-8-13/h3-5,8,14-15,20H,6-7,9-12H2,1-2H3. The highest BCUT2D eigenvalue weighted by atomic mass is 32.2. The fourth-order valence-corrected chi connectivity index (χ4v) is 5.48. The fraction of sp³-hybridized carbons (Fsp3) is 0.667. The molecule has 2 aliphatic heterocycles. The first-order valence-corrected chi connectivity index (χ1v) is 9.51. The first kappa shape index (κ1) is 15.5. The van der Waals surface area contributed by atoms with E-state index in [4.69, 9.17) is 0 Å². The van der Waals surface area contributed by atoms with E-state index < -0.39 is 0 Å². The van der Waals surface area contributed by atoms with Gasteiger partial charge in [-0.2, -0.15) is 0 Å². The summed E-state index contributed by atoms with van der Waals surface area (Å²) < 4.78 is 0.321. The van der Waals surface area contributed by atoms with E-state index in [2.05, 4.69) is 46.9 Å². The van der Waals surface area contributed by atoms with Gasteiger partial charge in [-0.05, 0) is 29.9 Å². The highest BCUT2D eigenvalue weighted by molar-refractivity contribution is 8.01. The van der Waals surface area contributed by atoms with Gasteiger partial charge in [0.05, 0.1) is 4.75 Å². The minimum atomic E-state index is 0.246. The molecular weight excluding hydrogens is 306 g/mol. The Morgan fingerprint density at radius 2 is 2.22 bits per heavy atom. The number of thioether (sulfide) groups is 1. The Kier molecular flexibility index (Phi) is 3.69. The third-order valence-electron chi connectivity index (χ3n) is 5.61. The van der Waals surface area contributed by atoms with E-state index in [0.29, 0.717) is 16.7 Å². The molecule has 3 aliphatic rings. The lowest BCUT2D eigenvalue weighted by molar-refractivity contribution is -0.138. The maximum atomic E-state index is 12.4. The van der Waals surface area contributed by atoms with Gasteiger partial charge in [-0.25, -0.2) is 0 Å². The van der Waals surface area contributed by atoms with E-state index in [0.717, 1.165) is 31.8 Å². The van der Waals surface area contributed by atoms with Gasteiger partial charge in [-0.3, -0.25) is 9.78 Å². The van der Waals surface area contributed by atoms with E-state index >= 15 is 0 Å². The van der Waals surface area contributed by atoms with Crippen LogP contribution in [0.2, 0.25) is 0 Å². The van der Waals surface area contributed by atoms with E-state index in [1.807, 2.05) is 18.5 Å². The Bertz CT molecular complexity index is 598. The van der Waals surface area contributed by atoms with Gasteiger partial charge in [0.1, 0.15) is 0 Å². The molecule has 1 aromatic rings. The van der Waals surface area contributed by atoms with Crippen LogP contribution < -0.4 is 5.32 Å². The number of nitrogens with zero attached hydrogens (tertiary/aromatic N) is 2. The van der Waals surface area contributed by atoms with Crippen molar-refractivity contribution in [2.24, 2.45) is 11.3 Å². The number of likely N-dealkylation sites (tertiary alicyclic amines) is 1. The number of hydrogen-bond donors (Lipinski definition) is 1. The summed E-state index contributed by atoms with van der Waals surface area (Å²) in [5, 5.41) is 3.65. The van der Waals surface area contributed by atoms with E-state index in [1.165, 1.54) is 12.0 Å². The summed E-state index contributed by atoms with van der Waals surface area (Å²) in [5.74, 6) is 1.83. The minimum absolute atomic E-state index is 0.246. The zero-order chi connectivity index (χ0) is 16.1. The molecule has 0 bridgehead atoms. The SMILES string of the molecule is CC1(C)CC1C(=O)N1CC2(CC(NCc3cccnc3)CS2)C1. The zero-order valence-corrected chi connectivity index (χ0v) is 14.7. The van der Waals surface area contributed by atoms with Crippen molar-refractivity contribution in [2.75, 3.05) is 18.8 Å². The van der Waals surface area contributed by atoms with Gasteiger partial charge in [0.2, 0.25) is 5.91 Å². The molecule has 1 amide bonds. The molecule has 5 heteroatoms. The van der Waals surface area contributed by atoms with Gasteiger partial charge in [0.15, 0.2) is 0 Å². The summed E-state index contributed by atoms with van der Waals surface area (Å²) in [6, 6.07) is 4.64. The van der Waals surface area contributed by atoms with Gasteiger partial charge in [-0.15, -0.1) is 11.8 Å². The second-order valence-electron chi connectivity index (χ2n) is 8.08. The maximum absolute atomic E-state index is 12.4. The van der Waals surface area contributed by atoms with Gasteiger partial charge >= 0.3 is 0 Å². The molecule has 4 nitrogen and oxygen atoms in total. The van der Waals surface area contributed by atoms with Gasteiger partial charge in [0, 0.05) is 49.7 Å². The predicted molar refractivity (Wildman–Crippen MR) is 93.1 cm³/mol. The summed E-state index contributed by atoms with van der Waals surface area (Å²) >= 11 is 2.06. The lowest BCUT2D eigenvalue weighted by Gasteiger charge is -2.48. The van der Waals surface area contributed by atoms with Crippen LogP contribution in [0, 0.1) is 11.3 Å². The molecule has 2 atom stereocenters. The molecule has 23 heavy (non-hydrogen) atoms. The Labute approximate surface area is 142 Å². The lowest BCUT2D eigenvalue weighted by atomic mass is 9.91. The molecular formula is C18H25N3OS. The summed E-state index contributed by atoms with van der Waals surface area (Å²) in [6.07, 6.45) is 5.98. The summed E-state index contributed by atoms with van der Waals surface area (Å²) in [4.78, 5) is 18.7. The smallest absolute Gasteiger partial charge is 0.226 e. The van der Waals surface area contributed by atoms with Crippen LogP contribution in [0.1, 0.15) is 32.3 Å². The summed E-state index contributed by atoms with van der Waals surface area (Å²) in [6.45, 7) is 7.19. The number of carbonyl (C=O) groups excluding carboxylic acids is 1. The van der Waals surface area contributed by atoms with Crippen LogP contribution in [0.25, 0.3) is 0 Å². The van der Waals surface area contributed by atoms with Crippen molar-refractivity contribution < 1.29 is 4.79 Å². The summed E-state index contributed by atoms with van der Waals surface area (Å²) in [7, 11) is 0. The van der Waals surface area contributed by atoms with Crippen LogP contribution in [-0.2, 0) is 11.3 Å². The number of nitrogens with one attached hydrogen (secondary N) is 1. The molecule has 3 fully saturated rings. The molecule has 1 saturated carbocycles. The average Bonchev–Trinajstić information content (AvgIpc) is 2.96. The van der Waals surface area contributed by atoms with Crippen LogP contribution in [0.4, 0.5) is 0 Å². The van der Waals surface area contributed by atoms with Crippen LogP contribution in [0.5, 0.6) is 0 Å². The van der Waals surface area contributed by atoms with Crippen molar-refractivity contribution in [3.63, 3.8) is 0 Å². The molecule has 0 radical (unpaired) electrons. The molecule has 2 saturated heterocycles. The number of pyridine rings is 1. The predicted octanol–water partition coefficient (Wildman–Crippen LogP) is 2.30. The Morgan fingerprint density at radius 1 is 1.43 bits per heavy atom. The van der Waals surface area contributed by atoms with Gasteiger partial charge < -0.3 is 10.2 Å². The van der Waals surface area contributed by atoms with Crippen molar-refractivity contribution in [3.8, 4) is 0 Å². The third kappa shape index (κ3) is 3.01. The van der Waals surface area contributed by atoms with E-state index in [9.17, 15) is 4.79 Å². The fourth-order valence-electron chi connectivity index (χ4n) is 3.87. The Balaban J connectivity index is 1.25. The van der Waals surface area contributed by atoms with Gasteiger partial charge in [0.25, 0.3) is 0 Å². The molecule has 4 rings (SSSR count). The van der Waals surface area contributed by atoms with Crippen LogP contribution in [0.3, 0.4) is 0 Å². The minimum Gasteiger partial charge on any atom is -0.340 e. The molecule has 1 aliphatic carbocycles. The second-order valence-corrected chi connectivity index (χ2v) is 9.56. The highest BCUT2D eigenvalue weighted by Crippen LogP contribution is 2.54. The molecule has 2 unspecified atom stereocenters. The van der Waals surface area contributed by atoms with Gasteiger partial charge in [-0.1, -0.05) is 19.9 Å². The molecule has 124 valence electrons. The number of carbonyl (C=O) groups is 1. The maximum Gasteiger partial charge on any atom is 0.226 e. The van der Waals surface area contributed by atoms with Crippen molar-refractivity contribution in [3.05, 3.63) is 30.1 Å². The Morgan fingerprint density at radius 3 is 2.87 bits per heavy atom. The number of aromatic nitrogens is 1. The first-order chi connectivity index (χ1) is 11.0. The van der Waals surface area contributed by atoms with E-state index in [1.54, 1.807) is 0 Å². The van der Waals surface area contributed by atoms with Crippen molar-refractivity contribution in [1.82, 2.24) is 15.2 Å². The monoisotopic (exact) mass is 331 g/mol. The number of rotatable bonds is 4. The number of amides is 1. The van der Waals surface area contributed by atoms with E-state index in [-0.39, 0.29) is 11.3 Å². The summed E-state index contributed by atoms with van der Waals surface area (Å²) in [5.41, 5.74) is 1.48. The largest absolute Gasteiger partial charge is 0.340 e. The molecule has 1 spiro atoms. The zero-order valence-electron chi connectivity index (χ0n) is 13.9. The third-order valence-corrected chi connectivity index (χ3v) is 7.21. The van der Waals surface area contributed by atoms with Crippen LogP contribution >= 0.6 is 11.8 Å². The molecule has 1 N–H and O–H groups in total.